The molecule has 22 heavy (non-hydrogen) atoms. The second kappa shape index (κ2) is 6.37. The Morgan fingerprint density at radius 3 is 3.00 bits per heavy atom. The molecule has 8 heteroatoms. The topological polar surface area (TPSA) is 65.2 Å². The molecule has 3 aromatic rings. The van der Waals surface area contributed by atoms with E-state index in [2.05, 4.69) is 26.1 Å². The molecule has 2 heterocycles. The SMILES string of the molecule is O=C(OCc1nc(-c2cccs2)no1)c1ccc(F)cc1Br. The van der Waals surface area contributed by atoms with Gasteiger partial charge in [0.15, 0.2) is 6.61 Å². The maximum atomic E-state index is 13.0. The summed E-state index contributed by atoms with van der Waals surface area (Å²) in [5.74, 6) is -0.414. The number of hydrogen-bond donors (Lipinski definition) is 0. The molecule has 112 valence electrons. The third kappa shape index (κ3) is 3.23. The highest BCUT2D eigenvalue weighted by atomic mass is 79.9. The lowest BCUT2D eigenvalue weighted by molar-refractivity contribution is 0.0428. The van der Waals surface area contributed by atoms with E-state index in [1.54, 1.807) is 0 Å². The zero-order chi connectivity index (χ0) is 15.5. The highest BCUT2D eigenvalue weighted by Gasteiger charge is 2.15. The lowest BCUT2D eigenvalue weighted by Crippen LogP contribution is -2.06. The van der Waals surface area contributed by atoms with E-state index in [0.717, 1.165) is 4.88 Å². The normalized spacial score (nSPS) is 10.6. The van der Waals surface area contributed by atoms with Crippen LogP contribution in [0.1, 0.15) is 16.2 Å². The third-order valence-corrected chi connectivity index (χ3v) is 4.21. The number of aromatic nitrogens is 2. The first-order chi connectivity index (χ1) is 10.6. The van der Waals surface area contributed by atoms with Crippen molar-refractivity contribution in [3.63, 3.8) is 0 Å². The fourth-order valence-electron chi connectivity index (χ4n) is 1.68. The van der Waals surface area contributed by atoms with E-state index in [4.69, 9.17) is 9.26 Å². The summed E-state index contributed by atoms with van der Waals surface area (Å²) in [7, 11) is 0. The summed E-state index contributed by atoms with van der Waals surface area (Å²) in [4.78, 5) is 16.9. The zero-order valence-electron chi connectivity index (χ0n) is 11.0. The van der Waals surface area contributed by atoms with Crippen LogP contribution in [0.4, 0.5) is 4.39 Å². The molecule has 0 spiro atoms. The molecule has 0 amide bonds. The van der Waals surface area contributed by atoms with Crippen LogP contribution in [0.5, 0.6) is 0 Å². The van der Waals surface area contributed by atoms with Crippen molar-refractivity contribution in [1.82, 2.24) is 10.1 Å². The Balaban J connectivity index is 1.66. The third-order valence-electron chi connectivity index (χ3n) is 2.69. The van der Waals surface area contributed by atoms with Crippen LogP contribution in [-0.4, -0.2) is 16.1 Å². The van der Waals surface area contributed by atoms with Gasteiger partial charge in [-0.25, -0.2) is 9.18 Å². The van der Waals surface area contributed by atoms with Crippen LogP contribution in [0.2, 0.25) is 0 Å². The van der Waals surface area contributed by atoms with E-state index in [-0.39, 0.29) is 18.1 Å². The Labute approximate surface area is 136 Å². The van der Waals surface area contributed by atoms with E-state index in [9.17, 15) is 9.18 Å². The molecule has 0 N–H and O–H groups in total. The van der Waals surface area contributed by atoms with Crippen molar-refractivity contribution >= 4 is 33.2 Å². The number of nitrogens with zero attached hydrogens (tertiary/aromatic N) is 2. The van der Waals surface area contributed by atoms with Crippen molar-refractivity contribution in [3.8, 4) is 10.7 Å². The summed E-state index contributed by atoms with van der Waals surface area (Å²) < 4.78 is 23.4. The molecule has 1 aromatic carbocycles. The molecule has 2 aromatic heterocycles. The van der Waals surface area contributed by atoms with Gasteiger partial charge < -0.3 is 9.26 Å². The lowest BCUT2D eigenvalue weighted by Gasteiger charge is -2.04. The van der Waals surface area contributed by atoms with Gasteiger partial charge in [0.25, 0.3) is 5.89 Å². The average Bonchev–Trinajstić information content (AvgIpc) is 3.16. The Kier molecular flexibility index (Phi) is 4.30. The summed E-state index contributed by atoms with van der Waals surface area (Å²) >= 11 is 4.59. The second-order valence-electron chi connectivity index (χ2n) is 4.19. The van der Waals surface area contributed by atoms with Crippen molar-refractivity contribution in [2.45, 2.75) is 6.61 Å². The van der Waals surface area contributed by atoms with Gasteiger partial charge in [-0.05, 0) is 45.6 Å². The summed E-state index contributed by atoms with van der Waals surface area (Å²) in [5.41, 5.74) is 0.222. The smallest absolute Gasteiger partial charge is 0.339 e. The van der Waals surface area contributed by atoms with Crippen LogP contribution >= 0.6 is 27.3 Å². The number of ether oxygens (including phenoxy) is 1. The molecule has 0 saturated heterocycles. The molecular weight excluding hydrogens is 375 g/mol. The minimum Gasteiger partial charge on any atom is -0.452 e. The maximum Gasteiger partial charge on any atom is 0.339 e. The van der Waals surface area contributed by atoms with Gasteiger partial charge >= 0.3 is 5.97 Å². The van der Waals surface area contributed by atoms with Crippen LogP contribution in [0.15, 0.2) is 44.7 Å². The first-order valence-electron chi connectivity index (χ1n) is 6.12. The predicted octanol–water partition coefficient (Wildman–Crippen LogP) is 4.06. The molecule has 0 aliphatic heterocycles. The van der Waals surface area contributed by atoms with Crippen molar-refractivity contribution in [3.05, 3.63) is 57.5 Å². The Morgan fingerprint density at radius 1 is 1.41 bits per heavy atom. The number of esters is 1. The Morgan fingerprint density at radius 2 is 2.27 bits per heavy atom. The molecule has 0 atom stereocenters. The average molecular weight is 383 g/mol. The molecular formula is C14H8BrFN2O3S. The summed E-state index contributed by atoms with van der Waals surface area (Å²) in [5, 5.41) is 5.71. The van der Waals surface area contributed by atoms with Crippen molar-refractivity contribution in [2.24, 2.45) is 0 Å². The Hall–Kier alpha value is -2.06. The molecule has 5 nitrogen and oxygen atoms in total. The van der Waals surface area contributed by atoms with Crippen molar-refractivity contribution in [1.29, 1.82) is 0 Å². The summed E-state index contributed by atoms with van der Waals surface area (Å²) in [6.07, 6.45) is 0. The van der Waals surface area contributed by atoms with Gasteiger partial charge in [0.05, 0.1) is 10.4 Å². The molecule has 0 saturated carbocycles. The quantitative estimate of drug-likeness (QED) is 0.636. The fraction of sp³-hybridized carbons (Fsp3) is 0.0714. The largest absolute Gasteiger partial charge is 0.452 e. The lowest BCUT2D eigenvalue weighted by atomic mass is 10.2. The number of thiophene rings is 1. The molecule has 3 rings (SSSR count). The highest BCUT2D eigenvalue weighted by molar-refractivity contribution is 9.10. The van der Waals surface area contributed by atoms with Gasteiger partial charge in [-0.3, -0.25) is 0 Å². The molecule has 0 radical (unpaired) electrons. The number of carbonyl (C=O) groups is 1. The van der Waals surface area contributed by atoms with Gasteiger partial charge in [-0.15, -0.1) is 11.3 Å². The van der Waals surface area contributed by atoms with E-state index in [1.807, 2.05) is 17.5 Å². The van der Waals surface area contributed by atoms with Gasteiger partial charge in [0.1, 0.15) is 5.82 Å². The number of carbonyl (C=O) groups excluding carboxylic acids is 1. The number of benzene rings is 1. The summed E-state index contributed by atoms with van der Waals surface area (Å²) in [6.45, 7) is -0.152. The van der Waals surface area contributed by atoms with E-state index in [0.29, 0.717) is 10.3 Å². The van der Waals surface area contributed by atoms with Gasteiger partial charge in [0, 0.05) is 4.47 Å². The molecule has 0 bridgehead atoms. The molecule has 0 aliphatic rings. The minimum absolute atomic E-state index is 0.152. The van der Waals surface area contributed by atoms with Gasteiger partial charge in [-0.1, -0.05) is 11.2 Å². The summed E-state index contributed by atoms with van der Waals surface area (Å²) in [6, 6.07) is 7.46. The van der Waals surface area contributed by atoms with E-state index < -0.39 is 11.8 Å². The standard InChI is InChI=1S/C14H8BrFN2O3S/c15-10-6-8(16)3-4-9(10)14(19)20-7-12-17-13(18-21-12)11-2-1-5-22-11/h1-6H,7H2. The van der Waals surface area contributed by atoms with Crippen LogP contribution in [0, 0.1) is 5.82 Å². The first-order valence-corrected chi connectivity index (χ1v) is 7.79. The molecule has 0 aliphatic carbocycles. The molecule has 0 fully saturated rings. The fourth-order valence-corrected chi connectivity index (χ4v) is 2.84. The maximum absolute atomic E-state index is 13.0. The number of rotatable bonds is 4. The number of hydrogen-bond acceptors (Lipinski definition) is 6. The predicted molar refractivity (Wildman–Crippen MR) is 80.8 cm³/mol. The van der Waals surface area contributed by atoms with Gasteiger partial charge in [-0.2, -0.15) is 4.98 Å². The first kappa shape index (κ1) is 14.9. The molecule has 0 unspecified atom stereocenters. The van der Waals surface area contributed by atoms with Gasteiger partial charge in [0.2, 0.25) is 5.82 Å². The zero-order valence-corrected chi connectivity index (χ0v) is 13.4. The Bertz CT molecular complexity index is 804. The number of halogens is 2. The van der Waals surface area contributed by atoms with Crippen LogP contribution in [0.3, 0.4) is 0 Å². The van der Waals surface area contributed by atoms with Crippen LogP contribution in [-0.2, 0) is 11.3 Å². The van der Waals surface area contributed by atoms with Crippen molar-refractivity contribution in [2.75, 3.05) is 0 Å². The highest BCUT2D eigenvalue weighted by Crippen LogP contribution is 2.22. The van der Waals surface area contributed by atoms with Crippen molar-refractivity contribution < 1.29 is 18.4 Å². The van der Waals surface area contributed by atoms with Crippen LogP contribution < -0.4 is 0 Å². The van der Waals surface area contributed by atoms with E-state index >= 15 is 0 Å². The van der Waals surface area contributed by atoms with Crippen LogP contribution in [0.25, 0.3) is 10.7 Å². The monoisotopic (exact) mass is 382 g/mol. The van der Waals surface area contributed by atoms with E-state index in [1.165, 1.54) is 29.5 Å². The second-order valence-corrected chi connectivity index (χ2v) is 5.99. The minimum atomic E-state index is -0.609.